The van der Waals surface area contributed by atoms with Gasteiger partial charge in [-0.05, 0) is 18.1 Å². The van der Waals surface area contributed by atoms with E-state index in [-0.39, 0.29) is 10.9 Å². The molecule has 0 amide bonds. The standard InChI is InChI=1S/C8H11NO3S/c1-6(2)7-4-3-5-8(9-7)13(10,11)12/h3-6H,1-2H3,(H,10,11,12). The van der Waals surface area contributed by atoms with Crippen molar-refractivity contribution in [2.75, 3.05) is 0 Å². The minimum atomic E-state index is -4.17. The summed E-state index contributed by atoms with van der Waals surface area (Å²) in [6.45, 7) is 3.80. The fourth-order valence-corrected chi connectivity index (χ4v) is 1.37. The molecule has 0 bridgehead atoms. The molecule has 0 radical (unpaired) electrons. The first-order chi connectivity index (χ1) is 5.91. The number of nitrogens with zero attached hydrogens (tertiary/aromatic N) is 1. The van der Waals surface area contributed by atoms with Gasteiger partial charge in [0.1, 0.15) is 0 Å². The second-order valence-corrected chi connectivity index (χ2v) is 4.40. The Balaban J connectivity index is 3.21. The van der Waals surface area contributed by atoms with Gasteiger partial charge in [-0.2, -0.15) is 8.42 Å². The molecule has 0 fully saturated rings. The molecule has 0 aromatic carbocycles. The van der Waals surface area contributed by atoms with Gasteiger partial charge < -0.3 is 0 Å². The lowest BCUT2D eigenvalue weighted by Gasteiger charge is -2.04. The zero-order valence-corrected chi connectivity index (χ0v) is 8.25. The van der Waals surface area contributed by atoms with Crippen LogP contribution in [0.5, 0.6) is 0 Å². The van der Waals surface area contributed by atoms with Crippen molar-refractivity contribution in [2.45, 2.75) is 24.8 Å². The minimum Gasteiger partial charge on any atom is -0.281 e. The number of hydrogen-bond donors (Lipinski definition) is 1. The fourth-order valence-electron chi connectivity index (χ4n) is 0.896. The van der Waals surface area contributed by atoms with Crippen molar-refractivity contribution in [2.24, 2.45) is 0 Å². The van der Waals surface area contributed by atoms with Crippen LogP contribution in [0.4, 0.5) is 0 Å². The summed E-state index contributed by atoms with van der Waals surface area (Å²) in [6.07, 6.45) is 0. The van der Waals surface area contributed by atoms with Crippen LogP contribution < -0.4 is 0 Å². The van der Waals surface area contributed by atoms with Crippen LogP contribution in [0.15, 0.2) is 23.2 Å². The maximum atomic E-state index is 10.7. The van der Waals surface area contributed by atoms with Gasteiger partial charge in [0.05, 0.1) is 0 Å². The lowest BCUT2D eigenvalue weighted by molar-refractivity contribution is 0.478. The molecule has 1 rings (SSSR count). The first kappa shape index (κ1) is 10.1. The summed E-state index contributed by atoms with van der Waals surface area (Å²) in [4.78, 5) is 3.81. The topological polar surface area (TPSA) is 67.3 Å². The smallest absolute Gasteiger partial charge is 0.281 e. The van der Waals surface area contributed by atoms with Gasteiger partial charge in [0.2, 0.25) is 0 Å². The molecule has 1 aromatic rings. The SMILES string of the molecule is CC(C)c1cccc(S(=O)(=O)O)n1. The zero-order chi connectivity index (χ0) is 10.1. The highest BCUT2D eigenvalue weighted by molar-refractivity contribution is 7.85. The summed E-state index contributed by atoms with van der Waals surface area (Å²) in [5.74, 6) is 0.140. The van der Waals surface area contributed by atoms with Crippen LogP contribution in [-0.2, 0) is 10.1 Å². The van der Waals surface area contributed by atoms with E-state index in [1.807, 2.05) is 13.8 Å². The van der Waals surface area contributed by atoms with Gasteiger partial charge in [-0.3, -0.25) is 4.55 Å². The van der Waals surface area contributed by atoms with E-state index in [1.54, 1.807) is 12.1 Å². The Kier molecular flexibility index (Phi) is 2.68. The van der Waals surface area contributed by atoms with Crippen molar-refractivity contribution in [3.63, 3.8) is 0 Å². The molecule has 0 saturated carbocycles. The number of aromatic nitrogens is 1. The number of hydrogen-bond acceptors (Lipinski definition) is 3. The normalized spacial score (nSPS) is 12.0. The molecular formula is C8H11NO3S. The first-order valence-electron chi connectivity index (χ1n) is 3.85. The number of rotatable bonds is 2. The average molecular weight is 201 g/mol. The summed E-state index contributed by atoms with van der Waals surface area (Å²) in [5, 5.41) is -0.293. The summed E-state index contributed by atoms with van der Waals surface area (Å²) in [6, 6.07) is 4.55. The van der Waals surface area contributed by atoms with Crippen molar-refractivity contribution in [1.82, 2.24) is 4.98 Å². The largest absolute Gasteiger partial charge is 0.312 e. The van der Waals surface area contributed by atoms with Gasteiger partial charge in [-0.25, -0.2) is 4.98 Å². The van der Waals surface area contributed by atoms with E-state index in [2.05, 4.69) is 4.98 Å². The molecule has 0 aliphatic carbocycles. The highest BCUT2D eigenvalue weighted by Crippen LogP contribution is 2.13. The molecule has 0 unspecified atom stereocenters. The molecule has 0 aliphatic rings. The molecule has 0 spiro atoms. The van der Waals surface area contributed by atoms with Crippen molar-refractivity contribution < 1.29 is 13.0 Å². The molecule has 5 heteroatoms. The van der Waals surface area contributed by atoms with Gasteiger partial charge >= 0.3 is 10.1 Å². The third-order valence-electron chi connectivity index (χ3n) is 1.60. The minimum absolute atomic E-state index is 0.140. The molecule has 1 aromatic heterocycles. The molecule has 4 nitrogen and oxygen atoms in total. The third kappa shape index (κ3) is 2.50. The molecule has 72 valence electrons. The van der Waals surface area contributed by atoms with Gasteiger partial charge in [0.25, 0.3) is 0 Å². The summed E-state index contributed by atoms with van der Waals surface area (Å²) in [5.41, 5.74) is 0.648. The molecule has 0 saturated heterocycles. The Morgan fingerprint density at radius 1 is 1.38 bits per heavy atom. The van der Waals surface area contributed by atoms with Gasteiger partial charge in [0, 0.05) is 5.69 Å². The van der Waals surface area contributed by atoms with Crippen LogP contribution in [0.1, 0.15) is 25.5 Å². The second-order valence-electron chi connectivity index (χ2n) is 3.03. The average Bonchev–Trinajstić information content (AvgIpc) is 2.03. The summed E-state index contributed by atoms with van der Waals surface area (Å²) < 4.78 is 30.1. The van der Waals surface area contributed by atoms with E-state index in [0.717, 1.165) is 0 Å². The Labute approximate surface area is 77.4 Å². The molecule has 0 atom stereocenters. The van der Waals surface area contributed by atoms with E-state index in [9.17, 15) is 8.42 Å². The molecule has 1 N–H and O–H groups in total. The molecule has 0 aliphatic heterocycles. The Bertz CT molecular complexity index is 398. The van der Waals surface area contributed by atoms with Crippen LogP contribution >= 0.6 is 0 Å². The Hall–Kier alpha value is -0.940. The highest BCUT2D eigenvalue weighted by atomic mass is 32.2. The lowest BCUT2D eigenvalue weighted by Crippen LogP contribution is -2.03. The first-order valence-corrected chi connectivity index (χ1v) is 5.29. The van der Waals surface area contributed by atoms with E-state index < -0.39 is 10.1 Å². The Morgan fingerprint density at radius 2 is 2.00 bits per heavy atom. The van der Waals surface area contributed by atoms with Gasteiger partial charge in [-0.1, -0.05) is 19.9 Å². The van der Waals surface area contributed by atoms with Gasteiger partial charge in [-0.15, -0.1) is 0 Å². The van der Waals surface area contributed by atoms with E-state index >= 15 is 0 Å². The van der Waals surface area contributed by atoms with Crippen LogP contribution in [0.3, 0.4) is 0 Å². The maximum Gasteiger partial charge on any atom is 0.312 e. The van der Waals surface area contributed by atoms with E-state index in [4.69, 9.17) is 4.55 Å². The van der Waals surface area contributed by atoms with Crippen molar-refractivity contribution in [1.29, 1.82) is 0 Å². The molecule has 13 heavy (non-hydrogen) atoms. The van der Waals surface area contributed by atoms with Crippen molar-refractivity contribution in [3.8, 4) is 0 Å². The van der Waals surface area contributed by atoms with Crippen LogP contribution in [-0.4, -0.2) is 18.0 Å². The predicted molar refractivity (Wildman–Crippen MR) is 48.1 cm³/mol. The summed E-state index contributed by atoms with van der Waals surface area (Å²) >= 11 is 0. The van der Waals surface area contributed by atoms with Crippen LogP contribution in [0.2, 0.25) is 0 Å². The second kappa shape index (κ2) is 3.43. The fraction of sp³-hybridized carbons (Fsp3) is 0.375. The monoisotopic (exact) mass is 201 g/mol. The van der Waals surface area contributed by atoms with Crippen molar-refractivity contribution in [3.05, 3.63) is 23.9 Å². The lowest BCUT2D eigenvalue weighted by atomic mass is 10.1. The maximum absolute atomic E-state index is 10.7. The van der Waals surface area contributed by atoms with Crippen LogP contribution in [0.25, 0.3) is 0 Å². The molecular weight excluding hydrogens is 190 g/mol. The predicted octanol–water partition coefficient (Wildman–Crippen LogP) is 1.45. The molecule has 1 heterocycles. The third-order valence-corrected chi connectivity index (χ3v) is 2.36. The van der Waals surface area contributed by atoms with E-state index in [1.165, 1.54) is 6.07 Å². The number of pyridine rings is 1. The van der Waals surface area contributed by atoms with Crippen molar-refractivity contribution >= 4 is 10.1 Å². The quantitative estimate of drug-likeness (QED) is 0.735. The highest BCUT2D eigenvalue weighted by Gasteiger charge is 2.12. The zero-order valence-electron chi connectivity index (χ0n) is 7.43. The Morgan fingerprint density at radius 3 is 2.46 bits per heavy atom. The van der Waals surface area contributed by atoms with Gasteiger partial charge in [0.15, 0.2) is 5.03 Å². The van der Waals surface area contributed by atoms with E-state index in [0.29, 0.717) is 5.69 Å². The van der Waals surface area contributed by atoms with Crippen LogP contribution in [0, 0.1) is 0 Å². The summed E-state index contributed by atoms with van der Waals surface area (Å²) in [7, 11) is -4.17.